The fourth-order valence-electron chi connectivity index (χ4n) is 9.32. The molecule has 2 aromatic rings. The number of unbranched alkanes of at least 4 members (excludes halogenated alkanes) is 8. The van der Waals surface area contributed by atoms with Gasteiger partial charge in [-0.05, 0) is 69.3 Å². The molecule has 0 bridgehead atoms. The average molecular weight is 682 g/mol. The third-order valence-electron chi connectivity index (χ3n) is 11.5. The van der Waals surface area contributed by atoms with Crippen molar-refractivity contribution in [2.45, 2.75) is 180 Å². The number of rotatable bonds is 23. The monoisotopic (exact) mass is 682 g/mol. The summed E-state index contributed by atoms with van der Waals surface area (Å²) in [7, 11) is -3.35. The molecule has 268 valence electrons. The highest BCUT2D eigenvalue weighted by atomic mass is 28.4. The van der Waals surface area contributed by atoms with Crippen molar-refractivity contribution in [1.82, 2.24) is 0 Å². The van der Waals surface area contributed by atoms with Crippen molar-refractivity contribution in [3.05, 3.63) is 59.7 Å². The fourth-order valence-corrected chi connectivity index (χ4v) is 21.6. The van der Waals surface area contributed by atoms with Gasteiger partial charge in [0, 0.05) is 6.61 Å². The van der Waals surface area contributed by atoms with Crippen molar-refractivity contribution in [2.24, 2.45) is 5.73 Å². The SMILES string of the molecule is CC(C)[Si](OCCCCCCCCCCCOc1ccc(C(N)c2ccc([Si](C(C)C)(C(C)C)C(C)C)cc2)cc1)(C(C)C)C(C)C. The van der Waals surface area contributed by atoms with E-state index in [4.69, 9.17) is 14.9 Å². The maximum absolute atomic E-state index is 6.74. The van der Waals surface area contributed by atoms with Crippen LogP contribution in [0.15, 0.2) is 48.5 Å². The van der Waals surface area contributed by atoms with E-state index in [1.54, 1.807) is 5.19 Å². The van der Waals surface area contributed by atoms with Crippen molar-refractivity contribution in [3.8, 4) is 5.75 Å². The number of hydrogen-bond acceptors (Lipinski definition) is 3. The van der Waals surface area contributed by atoms with Gasteiger partial charge in [-0.2, -0.15) is 0 Å². The van der Waals surface area contributed by atoms with Gasteiger partial charge in [0.15, 0.2) is 8.32 Å². The second kappa shape index (κ2) is 20.3. The zero-order valence-corrected chi connectivity index (χ0v) is 34.8. The Labute approximate surface area is 294 Å². The zero-order valence-electron chi connectivity index (χ0n) is 32.8. The van der Waals surface area contributed by atoms with Gasteiger partial charge in [0.25, 0.3) is 0 Å². The molecule has 0 spiro atoms. The summed E-state index contributed by atoms with van der Waals surface area (Å²) in [5, 5.41) is 1.57. The van der Waals surface area contributed by atoms with Crippen LogP contribution in [0, 0.1) is 0 Å². The van der Waals surface area contributed by atoms with Gasteiger partial charge in [-0.1, -0.05) is 170 Å². The van der Waals surface area contributed by atoms with Crippen LogP contribution >= 0.6 is 0 Å². The van der Waals surface area contributed by atoms with E-state index < -0.39 is 16.4 Å². The lowest BCUT2D eigenvalue weighted by Gasteiger charge is -2.43. The Balaban J connectivity index is 1.65. The van der Waals surface area contributed by atoms with Crippen molar-refractivity contribution >= 4 is 21.6 Å². The van der Waals surface area contributed by atoms with Gasteiger partial charge in [0.05, 0.1) is 20.7 Å². The fraction of sp³-hybridized carbons (Fsp3) is 0.714. The van der Waals surface area contributed by atoms with Gasteiger partial charge in [0.1, 0.15) is 5.75 Å². The van der Waals surface area contributed by atoms with E-state index in [2.05, 4.69) is 132 Å². The number of ether oxygens (including phenoxy) is 1. The second-order valence-corrected chi connectivity index (χ2v) is 27.6. The Morgan fingerprint density at radius 3 is 1.21 bits per heavy atom. The van der Waals surface area contributed by atoms with E-state index in [0.29, 0.717) is 33.2 Å². The van der Waals surface area contributed by atoms with Crippen molar-refractivity contribution in [3.63, 3.8) is 0 Å². The Kier molecular flexibility index (Phi) is 18.0. The Bertz CT molecular complexity index is 1060. The molecule has 5 heteroatoms. The molecule has 0 amide bonds. The van der Waals surface area contributed by atoms with Gasteiger partial charge in [-0.25, -0.2) is 0 Å². The van der Waals surface area contributed by atoms with Crippen LogP contribution < -0.4 is 15.7 Å². The minimum absolute atomic E-state index is 0.125. The highest BCUT2D eigenvalue weighted by Crippen LogP contribution is 2.43. The highest BCUT2D eigenvalue weighted by Gasteiger charge is 2.45. The molecule has 0 aliphatic rings. The molecule has 3 nitrogen and oxygen atoms in total. The normalized spacial score (nSPS) is 13.6. The summed E-state index contributed by atoms with van der Waals surface area (Å²) in [5.41, 5.74) is 13.2. The highest BCUT2D eigenvalue weighted by molar-refractivity contribution is 6.95. The minimum Gasteiger partial charge on any atom is -0.494 e. The van der Waals surface area contributed by atoms with Gasteiger partial charge in [-0.3, -0.25) is 0 Å². The molecular weight excluding hydrogens is 607 g/mol. The van der Waals surface area contributed by atoms with E-state index >= 15 is 0 Å². The third kappa shape index (κ3) is 11.0. The molecule has 0 aliphatic heterocycles. The van der Waals surface area contributed by atoms with Gasteiger partial charge >= 0.3 is 0 Å². The number of hydrogen-bond donors (Lipinski definition) is 1. The topological polar surface area (TPSA) is 44.5 Å². The lowest BCUT2D eigenvalue weighted by molar-refractivity contribution is 0.267. The molecule has 2 N–H and O–H groups in total. The van der Waals surface area contributed by atoms with Crippen molar-refractivity contribution in [2.75, 3.05) is 13.2 Å². The summed E-state index contributed by atoms with van der Waals surface area (Å²) in [6.07, 6.45) is 11.6. The molecule has 0 fully saturated rings. The first-order chi connectivity index (χ1) is 22.2. The quantitative estimate of drug-likeness (QED) is 0.0938. The van der Waals surface area contributed by atoms with Crippen LogP contribution in [-0.2, 0) is 4.43 Å². The van der Waals surface area contributed by atoms with Crippen molar-refractivity contribution < 1.29 is 9.16 Å². The van der Waals surface area contributed by atoms with Crippen LogP contribution in [0.4, 0.5) is 0 Å². The summed E-state index contributed by atoms with van der Waals surface area (Å²) >= 11 is 0. The van der Waals surface area contributed by atoms with Gasteiger partial charge in [-0.15, -0.1) is 0 Å². The van der Waals surface area contributed by atoms with E-state index in [1.807, 2.05) is 0 Å². The number of nitrogens with two attached hydrogens (primary N) is 1. The van der Waals surface area contributed by atoms with Gasteiger partial charge in [0.2, 0.25) is 0 Å². The molecule has 2 rings (SSSR count). The molecule has 2 aromatic carbocycles. The van der Waals surface area contributed by atoms with Crippen LogP contribution in [-0.4, -0.2) is 29.6 Å². The Morgan fingerprint density at radius 1 is 0.468 bits per heavy atom. The summed E-state index contributed by atoms with van der Waals surface area (Å²) in [4.78, 5) is 0. The first kappa shape index (κ1) is 41.8. The zero-order chi connectivity index (χ0) is 35.2. The minimum atomic E-state index is -1.70. The smallest absolute Gasteiger partial charge is 0.200 e. The number of benzene rings is 2. The molecule has 0 aliphatic carbocycles. The maximum Gasteiger partial charge on any atom is 0.200 e. The first-order valence-corrected chi connectivity index (χ1v) is 23.8. The van der Waals surface area contributed by atoms with Crippen LogP contribution in [0.5, 0.6) is 5.75 Å². The Hall–Kier alpha value is -1.41. The third-order valence-corrected chi connectivity index (χ3v) is 24.7. The van der Waals surface area contributed by atoms with E-state index in [9.17, 15) is 0 Å². The van der Waals surface area contributed by atoms with Crippen LogP contribution in [0.2, 0.25) is 33.2 Å². The molecule has 0 radical (unpaired) electrons. The molecular formula is C42H75NO2Si2. The van der Waals surface area contributed by atoms with Crippen molar-refractivity contribution in [1.29, 1.82) is 0 Å². The molecule has 0 saturated heterocycles. The largest absolute Gasteiger partial charge is 0.494 e. The molecule has 1 atom stereocenters. The maximum atomic E-state index is 6.74. The average Bonchev–Trinajstić information content (AvgIpc) is 3.00. The summed E-state index contributed by atoms with van der Waals surface area (Å²) < 4.78 is 12.8. The summed E-state index contributed by atoms with van der Waals surface area (Å²) in [6, 6.07) is 17.6. The molecule has 0 heterocycles. The van der Waals surface area contributed by atoms with E-state index in [0.717, 1.165) is 30.9 Å². The van der Waals surface area contributed by atoms with Crippen LogP contribution in [0.1, 0.15) is 158 Å². The van der Waals surface area contributed by atoms with Crippen LogP contribution in [0.25, 0.3) is 0 Å². The van der Waals surface area contributed by atoms with E-state index in [1.165, 1.54) is 56.9 Å². The van der Waals surface area contributed by atoms with Crippen LogP contribution in [0.3, 0.4) is 0 Å². The standard InChI is InChI=1S/C42H75NO2Si2/c1-32(2)46(33(3)4,34(5)6)41-28-24-39(25-29-41)42(43)38-22-26-40(27-23-38)44-30-20-18-16-14-13-15-17-19-21-31-45-47(35(7)8,36(9)10)37(11)12/h22-29,32-37,42H,13-21,30-31,43H2,1-12H3. The Morgan fingerprint density at radius 2 is 0.830 bits per heavy atom. The lowest BCUT2D eigenvalue weighted by Crippen LogP contribution is -2.55. The van der Waals surface area contributed by atoms with E-state index in [-0.39, 0.29) is 6.04 Å². The predicted molar refractivity (Wildman–Crippen MR) is 214 cm³/mol. The second-order valence-electron chi connectivity index (χ2n) is 16.3. The van der Waals surface area contributed by atoms with Gasteiger partial charge < -0.3 is 14.9 Å². The first-order valence-electron chi connectivity index (χ1n) is 19.4. The molecule has 1 unspecified atom stereocenters. The molecule has 47 heavy (non-hydrogen) atoms. The summed E-state index contributed by atoms with van der Waals surface area (Å²) in [5.74, 6) is 0.942. The summed E-state index contributed by atoms with van der Waals surface area (Å²) in [6.45, 7) is 30.6. The molecule has 0 aromatic heterocycles. The predicted octanol–water partition coefficient (Wildman–Crippen LogP) is 12.7. The molecule has 0 saturated carbocycles. The lowest BCUT2D eigenvalue weighted by atomic mass is 10.00.